The van der Waals surface area contributed by atoms with Gasteiger partial charge in [-0.2, -0.15) is 14.6 Å². The van der Waals surface area contributed by atoms with E-state index in [0.717, 1.165) is 12.8 Å². The number of sulfonamides is 1. The molecule has 0 radical (unpaired) electrons. The molecule has 3 rings (SSSR count). The molecule has 2 heterocycles. The van der Waals surface area contributed by atoms with Crippen LogP contribution in [0.15, 0.2) is 33.8 Å². The molecule has 1 aliphatic rings. The van der Waals surface area contributed by atoms with Gasteiger partial charge in [0, 0.05) is 18.7 Å². The quantitative estimate of drug-likeness (QED) is 0.850. The number of nitriles is 1. The van der Waals surface area contributed by atoms with Crippen LogP contribution in [-0.4, -0.2) is 30.8 Å². The van der Waals surface area contributed by atoms with Gasteiger partial charge in [0.2, 0.25) is 5.89 Å². The fourth-order valence-electron chi connectivity index (χ4n) is 2.61. The molecule has 6 nitrogen and oxygen atoms in total. The molecule has 0 saturated carbocycles. The molecule has 0 aliphatic carbocycles. The van der Waals surface area contributed by atoms with Crippen molar-refractivity contribution in [3.63, 3.8) is 0 Å². The Bertz CT molecular complexity index is 876. The highest BCUT2D eigenvalue weighted by Crippen LogP contribution is 2.29. The summed E-state index contributed by atoms with van der Waals surface area (Å²) in [6, 6.07) is 7.03. The highest BCUT2D eigenvalue weighted by molar-refractivity contribution is 7.89. The molecular formula is C16H16FN3O3S. The maximum absolute atomic E-state index is 13.0. The normalized spacial score (nSPS) is 16.9. The molecule has 0 amide bonds. The van der Waals surface area contributed by atoms with Gasteiger partial charge < -0.3 is 4.42 Å². The van der Waals surface area contributed by atoms with Crippen LogP contribution in [0.2, 0.25) is 0 Å². The fourth-order valence-corrected chi connectivity index (χ4v) is 4.06. The lowest BCUT2D eigenvalue weighted by molar-refractivity contribution is 0.281. The van der Waals surface area contributed by atoms with E-state index in [-0.39, 0.29) is 11.6 Å². The Kier molecular flexibility index (Phi) is 4.39. The minimum Gasteiger partial charge on any atom is -0.422 e. The largest absolute Gasteiger partial charge is 0.422 e. The maximum Gasteiger partial charge on any atom is 0.279 e. The van der Waals surface area contributed by atoms with Crippen LogP contribution in [-0.2, 0) is 10.0 Å². The lowest BCUT2D eigenvalue weighted by atomic mass is 10.0. The lowest BCUT2D eigenvalue weighted by Gasteiger charge is -2.28. The summed E-state index contributed by atoms with van der Waals surface area (Å²) in [6.07, 6.45) is 1.53. The molecule has 126 valence electrons. The Hall–Kier alpha value is -2.24. The van der Waals surface area contributed by atoms with Crippen LogP contribution in [0, 0.1) is 23.1 Å². The molecule has 1 aromatic carbocycles. The second kappa shape index (κ2) is 6.34. The van der Waals surface area contributed by atoms with E-state index >= 15 is 0 Å². The first-order valence-corrected chi connectivity index (χ1v) is 9.03. The molecule has 0 bridgehead atoms. The number of halogens is 1. The lowest BCUT2D eigenvalue weighted by Crippen LogP contribution is -2.38. The number of aromatic nitrogens is 1. The van der Waals surface area contributed by atoms with Gasteiger partial charge in [0.15, 0.2) is 5.69 Å². The second-order valence-electron chi connectivity index (χ2n) is 5.86. The summed E-state index contributed by atoms with van der Waals surface area (Å²) < 4.78 is 45.2. The number of nitrogens with zero attached hydrogens (tertiary/aromatic N) is 3. The van der Waals surface area contributed by atoms with Gasteiger partial charge in [-0.25, -0.2) is 12.8 Å². The zero-order valence-corrected chi connectivity index (χ0v) is 13.9. The summed E-state index contributed by atoms with van der Waals surface area (Å²) in [4.78, 5) is 3.95. The number of oxazole rings is 1. The molecule has 8 heteroatoms. The van der Waals surface area contributed by atoms with Crippen LogP contribution in [0.1, 0.15) is 25.5 Å². The third-order valence-corrected chi connectivity index (χ3v) is 5.90. The summed E-state index contributed by atoms with van der Waals surface area (Å²) in [5.41, 5.74) is 0.120. The first-order chi connectivity index (χ1) is 11.4. The van der Waals surface area contributed by atoms with Crippen molar-refractivity contribution < 1.29 is 17.2 Å². The topological polar surface area (TPSA) is 87.2 Å². The Labute approximate surface area is 139 Å². The highest BCUT2D eigenvalue weighted by atomic mass is 32.2. The molecule has 0 spiro atoms. The number of hydrogen-bond donors (Lipinski definition) is 0. The van der Waals surface area contributed by atoms with Crippen molar-refractivity contribution in [2.45, 2.75) is 24.9 Å². The van der Waals surface area contributed by atoms with E-state index < -0.39 is 20.9 Å². The second-order valence-corrected chi connectivity index (χ2v) is 7.70. The van der Waals surface area contributed by atoms with Crippen molar-refractivity contribution in [1.82, 2.24) is 9.29 Å². The van der Waals surface area contributed by atoms with Crippen molar-refractivity contribution in [2.75, 3.05) is 13.1 Å². The minimum atomic E-state index is -3.92. The molecule has 1 saturated heterocycles. The summed E-state index contributed by atoms with van der Waals surface area (Å²) in [7, 11) is -3.92. The predicted octanol–water partition coefficient (Wildman–Crippen LogP) is 2.77. The van der Waals surface area contributed by atoms with E-state index in [0.29, 0.717) is 24.6 Å². The molecule has 2 aromatic rings. The van der Waals surface area contributed by atoms with Gasteiger partial charge in [0.25, 0.3) is 15.1 Å². The van der Waals surface area contributed by atoms with E-state index in [1.54, 1.807) is 6.07 Å². The standard InChI is InChI=1S/C16H16FN3O3S/c1-11-6-8-20(9-7-11)24(21,22)16-14(10-18)19-15(23-16)12-2-4-13(17)5-3-12/h2-5,11H,6-9H2,1H3. The van der Waals surface area contributed by atoms with Crippen molar-refractivity contribution in [3.05, 3.63) is 35.8 Å². The van der Waals surface area contributed by atoms with Gasteiger partial charge in [-0.3, -0.25) is 0 Å². The van der Waals surface area contributed by atoms with E-state index in [9.17, 15) is 18.1 Å². The number of rotatable bonds is 3. The Balaban J connectivity index is 1.98. The van der Waals surface area contributed by atoms with Crippen molar-refractivity contribution in [3.8, 4) is 17.5 Å². The average molecular weight is 349 g/mol. The Morgan fingerprint density at radius 3 is 2.50 bits per heavy atom. The van der Waals surface area contributed by atoms with Gasteiger partial charge in [0.1, 0.15) is 11.9 Å². The van der Waals surface area contributed by atoms with Gasteiger partial charge in [-0.05, 0) is 43.0 Å². The van der Waals surface area contributed by atoms with E-state index in [2.05, 4.69) is 11.9 Å². The predicted molar refractivity (Wildman–Crippen MR) is 83.8 cm³/mol. The van der Waals surface area contributed by atoms with Gasteiger partial charge in [0.05, 0.1) is 0 Å². The first kappa shape index (κ1) is 16.6. The monoisotopic (exact) mass is 349 g/mol. The third-order valence-electron chi connectivity index (χ3n) is 4.11. The zero-order valence-electron chi connectivity index (χ0n) is 13.1. The molecule has 0 N–H and O–H groups in total. The van der Waals surface area contributed by atoms with E-state index in [1.165, 1.54) is 28.6 Å². The van der Waals surface area contributed by atoms with Crippen LogP contribution in [0.3, 0.4) is 0 Å². The molecule has 0 unspecified atom stereocenters. The van der Waals surface area contributed by atoms with Gasteiger partial charge >= 0.3 is 0 Å². The Morgan fingerprint density at radius 1 is 1.29 bits per heavy atom. The fraction of sp³-hybridized carbons (Fsp3) is 0.375. The summed E-state index contributed by atoms with van der Waals surface area (Å²) in [6.45, 7) is 2.85. The molecule has 0 atom stereocenters. The smallest absolute Gasteiger partial charge is 0.279 e. The van der Waals surface area contributed by atoms with Crippen LogP contribution in [0.25, 0.3) is 11.5 Å². The Morgan fingerprint density at radius 2 is 1.92 bits per heavy atom. The summed E-state index contributed by atoms with van der Waals surface area (Å²) >= 11 is 0. The number of benzene rings is 1. The van der Waals surface area contributed by atoms with Crippen molar-refractivity contribution in [1.29, 1.82) is 5.26 Å². The zero-order chi connectivity index (χ0) is 17.3. The van der Waals surface area contributed by atoms with Crippen LogP contribution < -0.4 is 0 Å². The maximum atomic E-state index is 13.0. The third kappa shape index (κ3) is 3.05. The van der Waals surface area contributed by atoms with Crippen LogP contribution in [0.4, 0.5) is 4.39 Å². The number of piperidine rings is 1. The molecule has 24 heavy (non-hydrogen) atoms. The molecular weight excluding hydrogens is 333 g/mol. The summed E-state index contributed by atoms with van der Waals surface area (Å²) in [5.74, 6) is 0.0213. The first-order valence-electron chi connectivity index (χ1n) is 7.59. The van der Waals surface area contributed by atoms with Gasteiger partial charge in [-0.15, -0.1) is 0 Å². The molecule has 1 aliphatic heterocycles. The average Bonchev–Trinajstić information content (AvgIpc) is 3.01. The van der Waals surface area contributed by atoms with Crippen LogP contribution >= 0.6 is 0 Å². The van der Waals surface area contributed by atoms with Crippen molar-refractivity contribution >= 4 is 10.0 Å². The summed E-state index contributed by atoms with van der Waals surface area (Å²) in [5, 5.41) is 8.77. The van der Waals surface area contributed by atoms with Crippen molar-refractivity contribution in [2.24, 2.45) is 5.92 Å². The SMILES string of the molecule is CC1CCN(S(=O)(=O)c2oc(-c3ccc(F)cc3)nc2C#N)CC1. The van der Waals surface area contributed by atoms with E-state index in [1.807, 2.05) is 0 Å². The van der Waals surface area contributed by atoms with Crippen LogP contribution in [0.5, 0.6) is 0 Å². The molecule has 1 fully saturated rings. The number of hydrogen-bond acceptors (Lipinski definition) is 5. The minimum absolute atomic E-state index is 0.0181. The van der Waals surface area contributed by atoms with Gasteiger partial charge in [-0.1, -0.05) is 6.92 Å². The molecule has 1 aromatic heterocycles. The van der Waals surface area contributed by atoms with E-state index in [4.69, 9.17) is 4.42 Å². The highest BCUT2D eigenvalue weighted by Gasteiger charge is 2.34.